The van der Waals surface area contributed by atoms with E-state index in [1.54, 1.807) is 0 Å². The zero-order chi connectivity index (χ0) is 69.8. The molecule has 0 spiro atoms. The summed E-state index contributed by atoms with van der Waals surface area (Å²) in [6, 6.07) is 148. The van der Waals surface area contributed by atoms with Gasteiger partial charge in [0, 0.05) is 66.3 Å². The molecule has 0 aliphatic rings. The lowest BCUT2D eigenvalue weighted by atomic mass is 9.94. The van der Waals surface area contributed by atoms with Crippen LogP contribution < -0.4 is 9.80 Å². The molecule has 4 nitrogen and oxygen atoms in total. The Labute approximate surface area is 613 Å². The van der Waals surface area contributed by atoms with Gasteiger partial charge < -0.3 is 18.9 Å². The molecule has 0 atom stereocenters. The average Bonchev–Trinajstić information content (AvgIpc) is 1.62. The van der Waals surface area contributed by atoms with Crippen LogP contribution >= 0.6 is 0 Å². The Balaban J connectivity index is 0.711. The monoisotopic (exact) mass is 1350 g/mol. The smallest absolute Gasteiger partial charge is 0.0547 e. The zero-order valence-electron chi connectivity index (χ0n) is 57.9. The number of hydrogen-bond acceptors (Lipinski definition) is 2. The standard InChI is InChI=1S/C102H66N4/c1-3-34-76(35-4-1)104-93-52-24-49-86(101(93)99-84-43-13-7-26-68(84)56-60-95(99)104)72-32-22-38-79(63-72)103(97-65-74-28-9-11-40-81(74)88-45-15-17-47-90(88)97)78-58-54-67(55-59-78)70-30-21-31-71(62-70)83-42-19-20-51-92(83)106(98-66-75-29-10-12-41-82(75)89-46-16-18-48-91(89)98)80-39-23-33-73(64-80)87-50-25-53-94-102(87)100-85-44-14-8-27-69(85)57-61-96(100)105(94)77-36-5-2-6-37-77/h1-66H. The fraction of sp³-hybridized carbons (Fsp3) is 0. The lowest BCUT2D eigenvalue weighted by Gasteiger charge is -2.30. The number of para-hydroxylation sites is 3. The number of anilines is 6. The van der Waals surface area contributed by atoms with Gasteiger partial charge in [-0.25, -0.2) is 0 Å². The summed E-state index contributed by atoms with van der Waals surface area (Å²) in [4.78, 5) is 4.99. The van der Waals surface area contributed by atoms with Gasteiger partial charge in [-0.15, -0.1) is 0 Å². The van der Waals surface area contributed by atoms with E-state index in [0.29, 0.717) is 0 Å². The normalized spacial score (nSPS) is 11.8. The summed E-state index contributed by atoms with van der Waals surface area (Å²) in [6.07, 6.45) is 0. The number of rotatable bonds is 12. The summed E-state index contributed by atoms with van der Waals surface area (Å²) in [7, 11) is 0. The quantitative estimate of drug-likeness (QED) is 0.113. The molecule has 0 saturated carbocycles. The molecule has 0 aliphatic heterocycles. The van der Waals surface area contributed by atoms with Gasteiger partial charge in [-0.1, -0.05) is 291 Å². The molecule has 0 N–H and O–H groups in total. The molecule has 0 saturated heterocycles. The lowest BCUT2D eigenvalue weighted by molar-refractivity contribution is 1.18. The minimum absolute atomic E-state index is 1.06. The van der Waals surface area contributed by atoms with E-state index in [9.17, 15) is 0 Å². The van der Waals surface area contributed by atoms with Gasteiger partial charge in [0.1, 0.15) is 0 Å². The highest BCUT2D eigenvalue weighted by atomic mass is 15.2. The van der Waals surface area contributed by atoms with Crippen molar-refractivity contribution in [2.75, 3.05) is 9.80 Å². The molecule has 4 heteroatoms. The van der Waals surface area contributed by atoms with Crippen molar-refractivity contribution in [1.29, 1.82) is 0 Å². The van der Waals surface area contributed by atoms with E-state index in [1.165, 1.54) is 119 Å². The van der Waals surface area contributed by atoms with Gasteiger partial charge in [0.05, 0.1) is 39.1 Å². The fourth-order valence-electron chi connectivity index (χ4n) is 17.3. The van der Waals surface area contributed by atoms with Crippen LogP contribution in [0.5, 0.6) is 0 Å². The van der Waals surface area contributed by atoms with E-state index in [-0.39, 0.29) is 0 Å². The van der Waals surface area contributed by atoms with Crippen LogP contribution in [0.15, 0.2) is 400 Å². The van der Waals surface area contributed by atoms with Crippen molar-refractivity contribution in [3.63, 3.8) is 0 Å². The topological polar surface area (TPSA) is 16.3 Å². The third-order valence-corrected chi connectivity index (χ3v) is 22.0. The maximum atomic E-state index is 2.52. The van der Waals surface area contributed by atoms with Crippen LogP contribution in [-0.4, -0.2) is 9.13 Å². The number of aromatic nitrogens is 2. The number of hydrogen-bond donors (Lipinski definition) is 0. The largest absolute Gasteiger partial charge is 0.310 e. The minimum Gasteiger partial charge on any atom is -0.310 e. The molecule has 21 aromatic rings. The maximum Gasteiger partial charge on any atom is 0.0547 e. The van der Waals surface area contributed by atoms with Crippen molar-refractivity contribution in [2.24, 2.45) is 0 Å². The summed E-state index contributed by atoms with van der Waals surface area (Å²) in [5.74, 6) is 0. The van der Waals surface area contributed by atoms with Crippen molar-refractivity contribution in [2.45, 2.75) is 0 Å². The van der Waals surface area contributed by atoms with Crippen molar-refractivity contribution in [1.82, 2.24) is 9.13 Å². The highest BCUT2D eigenvalue weighted by molar-refractivity contribution is 6.27. The Bertz CT molecular complexity index is 7090. The Hall–Kier alpha value is -14.1. The van der Waals surface area contributed by atoms with Gasteiger partial charge >= 0.3 is 0 Å². The van der Waals surface area contributed by atoms with Crippen molar-refractivity contribution in [3.05, 3.63) is 400 Å². The molecule has 0 bridgehead atoms. The highest BCUT2D eigenvalue weighted by Gasteiger charge is 2.26. The number of nitrogens with zero attached hydrogens (tertiary/aromatic N) is 4. The van der Waals surface area contributed by atoms with E-state index in [2.05, 4.69) is 419 Å². The van der Waals surface area contributed by atoms with Gasteiger partial charge in [0.25, 0.3) is 0 Å². The van der Waals surface area contributed by atoms with Crippen LogP contribution in [0.1, 0.15) is 0 Å². The van der Waals surface area contributed by atoms with E-state index in [1.807, 2.05) is 0 Å². The second-order valence-electron chi connectivity index (χ2n) is 27.8. The predicted molar refractivity (Wildman–Crippen MR) is 451 cm³/mol. The van der Waals surface area contributed by atoms with Crippen LogP contribution in [0.3, 0.4) is 0 Å². The Morgan fingerprint density at radius 3 is 1.08 bits per heavy atom. The van der Waals surface area contributed by atoms with Crippen LogP contribution in [-0.2, 0) is 0 Å². The average molecular weight is 1350 g/mol. The third kappa shape index (κ3) is 9.84. The molecule has 0 unspecified atom stereocenters. The van der Waals surface area contributed by atoms with Gasteiger partial charge in [0.15, 0.2) is 0 Å². The Morgan fingerprint density at radius 2 is 0.547 bits per heavy atom. The van der Waals surface area contributed by atoms with Gasteiger partial charge in [0.2, 0.25) is 0 Å². The summed E-state index contributed by atoms with van der Waals surface area (Å²) in [5.41, 5.74) is 22.6. The second kappa shape index (κ2) is 24.9. The molecule has 494 valence electrons. The second-order valence-corrected chi connectivity index (χ2v) is 27.8. The first-order chi connectivity index (χ1) is 52.6. The molecule has 0 amide bonds. The fourth-order valence-corrected chi connectivity index (χ4v) is 17.3. The van der Waals surface area contributed by atoms with Crippen molar-refractivity contribution >= 4 is 142 Å². The third-order valence-electron chi connectivity index (χ3n) is 22.0. The Kier molecular flexibility index (Phi) is 14.2. The van der Waals surface area contributed by atoms with E-state index >= 15 is 0 Å². The first kappa shape index (κ1) is 60.7. The summed E-state index contributed by atoms with van der Waals surface area (Å²) >= 11 is 0. The molecule has 19 aromatic carbocycles. The van der Waals surface area contributed by atoms with Crippen molar-refractivity contribution < 1.29 is 0 Å². The van der Waals surface area contributed by atoms with E-state index < -0.39 is 0 Å². The maximum absolute atomic E-state index is 2.52. The van der Waals surface area contributed by atoms with E-state index in [0.717, 1.165) is 78.9 Å². The van der Waals surface area contributed by atoms with Gasteiger partial charge in [-0.2, -0.15) is 0 Å². The predicted octanol–water partition coefficient (Wildman–Crippen LogP) is 28.4. The zero-order valence-corrected chi connectivity index (χ0v) is 57.9. The molecule has 0 fully saturated rings. The van der Waals surface area contributed by atoms with Crippen molar-refractivity contribution in [3.8, 4) is 55.9 Å². The summed E-state index contributed by atoms with van der Waals surface area (Å²) in [5, 5.41) is 19.5. The molecular formula is C102H66N4. The van der Waals surface area contributed by atoms with Crippen LogP contribution in [0, 0.1) is 0 Å². The first-order valence-electron chi connectivity index (χ1n) is 36.5. The summed E-state index contributed by atoms with van der Waals surface area (Å²) < 4.78 is 4.88. The first-order valence-corrected chi connectivity index (χ1v) is 36.5. The minimum atomic E-state index is 1.06. The Morgan fingerprint density at radius 1 is 0.170 bits per heavy atom. The van der Waals surface area contributed by atoms with Crippen LogP contribution in [0.2, 0.25) is 0 Å². The van der Waals surface area contributed by atoms with Gasteiger partial charge in [-0.05, 0) is 202 Å². The lowest BCUT2D eigenvalue weighted by Crippen LogP contribution is -2.12. The SMILES string of the molecule is c1ccc(-n2c3cccc(-c4cccc(N(c5ccc(-c6cccc(-c7ccccc7N(c7cccc(-c8cccc9c8c8c%10ccccc%10ccc8n9-c8ccccc8)c7)c7cc8ccccc8c8ccccc78)c6)cc5)c5cc6ccccc6c6ccccc56)c4)c3c3c4ccccc4ccc32)cc1. The molecule has 21 rings (SSSR count). The molecule has 0 aliphatic carbocycles. The molecule has 2 heterocycles. The summed E-state index contributed by atoms with van der Waals surface area (Å²) in [6.45, 7) is 0. The number of benzene rings is 19. The number of fused-ring (bicyclic) bond motifs is 16. The van der Waals surface area contributed by atoms with Gasteiger partial charge in [-0.3, -0.25) is 0 Å². The molecule has 0 radical (unpaired) electrons. The highest BCUT2D eigenvalue weighted by Crippen LogP contribution is 2.51. The van der Waals surface area contributed by atoms with E-state index in [4.69, 9.17) is 0 Å². The molecule has 106 heavy (non-hydrogen) atoms. The molecular weight excluding hydrogens is 1280 g/mol. The van der Waals surface area contributed by atoms with Crippen LogP contribution in [0.4, 0.5) is 34.1 Å². The molecule has 2 aromatic heterocycles. The van der Waals surface area contributed by atoms with Crippen LogP contribution in [0.25, 0.3) is 164 Å².